The Bertz CT molecular complexity index is 1430. The van der Waals surface area contributed by atoms with E-state index in [-0.39, 0.29) is 37.7 Å². The van der Waals surface area contributed by atoms with Crippen LogP contribution in [-0.4, -0.2) is 109 Å². The topological polar surface area (TPSA) is 169 Å². The van der Waals surface area contributed by atoms with Crippen LogP contribution in [0, 0.1) is 11.8 Å². The van der Waals surface area contributed by atoms with Crippen molar-refractivity contribution in [2.45, 2.75) is 147 Å². The molecule has 1 fully saturated rings. The SMILES string of the molecule is CCCCC/C=C\C/C=C\C/C=C\C/C=C\C/C=C\CCC(=O)O[C@H](COC(=O)C/C=C\C[C@H]1[C@@H](/C=C/[C@H](O)CCCCC)[C@H](O)C[C@@H]1O)COP(=O)(O)OCC[N+](C)(C)C. The molecule has 1 saturated carbocycles. The molecular weight excluding hydrogens is 797 g/mol. The number of unbranched alkanes of at least 4 members (excludes halogenated alkanes) is 5. The molecule has 13 heteroatoms. The van der Waals surface area contributed by atoms with Gasteiger partial charge in [-0.2, -0.15) is 0 Å². The number of rotatable bonds is 35. The highest BCUT2D eigenvalue weighted by atomic mass is 31.2. The monoisotopic (exact) mass is 879 g/mol. The van der Waals surface area contributed by atoms with Gasteiger partial charge in [0.25, 0.3) is 0 Å². The number of ether oxygens (including phenoxy) is 2. The van der Waals surface area contributed by atoms with Crippen LogP contribution in [0.2, 0.25) is 0 Å². The molecule has 1 unspecified atom stereocenters. The Kier molecular flexibility index (Phi) is 31.8. The summed E-state index contributed by atoms with van der Waals surface area (Å²) >= 11 is 0. The van der Waals surface area contributed by atoms with Gasteiger partial charge in [0.15, 0.2) is 6.10 Å². The normalized spacial score (nSPS) is 21.0. The second kappa shape index (κ2) is 34.5. The number of aliphatic hydroxyl groups excluding tert-OH is 3. The maximum absolute atomic E-state index is 12.7. The molecule has 4 N–H and O–H groups in total. The van der Waals surface area contributed by atoms with Crippen LogP contribution >= 0.6 is 7.82 Å². The zero-order valence-electron chi connectivity index (χ0n) is 37.9. The number of hydrogen-bond donors (Lipinski definition) is 4. The summed E-state index contributed by atoms with van der Waals surface area (Å²) in [5.41, 5.74) is 0. The highest BCUT2D eigenvalue weighted by molar-refractivity contribution is 7.47. The number of quaternary nitrogens is 1. The first-order valence-electron chi connectivity index (χ1n) is 22.6. The van der Waals surface area contributed by atoms with Crippen molar-refractivity contribution in [2.75, 3.05) is 47.5 Å². The van der Waals surface area contributed by atoms with Crippen molar-refractivity contribution < 1.29 is 57.4 Å². The molecule has 7 atom stereocenters. The Hall–Kier alpha value is -2.93. The van der Waals surface area contributed by atoms with E-state index in [1.54, 1.807) is 24.3 Å². The highest BCUT2D eigenvalue weighted by Gasteiger charge is 2.39. The van der Waals surface area contributed by atoms with Crippen LogP contribution in [0.25, 0.3) is 0 Å². The van der Waals surface area contributed by atoms with Gasteiger partial charge in [0.05, 0.1) is 52.5 Å². The van der Waals surface area contributed by atoms with E-state index in [1.165, 1.54) is 19.3 Å². The van der Waals surface area contributed by atoms with Crippen molar-refractivity contribution in [2.24, 2.45) is 11.8 Å². The maximum Gasteiger partial charge on any atom is 0.472 e. The van der Waals surface area contributed by atoms with Crippen LogP contribution in [0.3, 0.4) is 0 Å². The first kappa shape index (κ1) is 56.1. The van der Waals surface area contributed by atoms with E-state index in [1.807, 2.05) is 33.3 Å². The van der Waals surface area contributed by atoms with Crippen LogP contribution in [0.4, 0.5) is 0 Å². The van der Waals surface area contributed by atoms with E-state index in [9.17, 15) is 34.4 Å². The Balaban J connectivity index is 2.60. The minimum atomic E-state index is -4.48. The zero-order chi connectivity index (χ0) is 45.2. The summed E-state index contributed by atoms with van der Waals surface area (Å²) in [6.45, 7) is 3.80. The van der Waals surface area contributed by atoms with Crippen LogP contribution in [-0.2, 0) is 32.7 Å². The van der Waals surface area contributed by atoms with E-state index in [0.717, 1.165) is 51.4 Å². The van der Waals surface area contributed by atoms with Gasteiger partial charge in [0, 0.05) is 18.8 Å². The second-order valence-electron chi connectivity index (χ2n) is 16.7. The van der Waals surface area contributed by atoms with E-state index < -0.39 is 57.4 Å². The summed E-state index contributed by atoms with van der Waals surface area (Å²) in [5, 5.41) is 31.4. The van der Waals surface area contributed by atoms with Gasteiger partial charge in [0.1, 0.15) is 19.8 Å². The summed E-state index contributed by atoms with van der Waals surface area (Å²) in [5.74, 6) is -1.82. The van der Waals surface area contributed by atoms with Crippen molar-refractivity contribution >= 4 is 19.8 Å². The fourth-order valence-corrected chi connectivity index (χ4v) is 7.12. The molecule has 0 radical (unpaired) electrons. The standard InChI is InChI=1S/C48H80NO11P/c1-6-8-10-11-12-13-14-15-16-17-18-19-20-21-22-23-24-25-27-33-48(54)60-42(40-59-61(55,56)58-37-36-49(3,4)5)39-57-47(53)32-29-28-31-43-44(46(52)38-45(43)51)35-34-41(50)30-26-9-7-2/h12-13,15-16,18-19,21-22,24-25,28-29,34-35,41-46,50-52H,6-11,14,17,20,23,26-27,30-33,36-40H2,1-5H3/p+1/b13-12-,16-15-,19-18-,22-21-,25-24-,29-28-,35-34+/t41-,42-,43+,44-,45+,46-/m1/s1. The van der Waals surface area contributed by atoms with Crippen molar-refractivity contribution in [1.29, 1.82) is 0 Å². The quantitative estimate of drug-likeness (QED) is 0.0158. The zero-order valence-corrected chi connectivity index (χ0v) is 38.8. The number of aliphatic hydroxyl groups is 3. The summed E-state index contributed by atoms with van der Waals surface area (Å²) in [4.78, 5) is 35.6. The number of carbonyl (C=O) groups excluding carboxylic acids is 2. The fourth-order valence-electron chi connectivity index (χ4n) is 6.38. The molecule has 0 spiro atoms. The third kappa shape index (κ3) is 31.5. The minimum Gasteiger partial charge on any atom is -0.461 e. The van der Waals surface area contributed by atoms with Gasteiger partial charge in [-0.15, -0.1) is 0 Å². The number of nitrogens with zero attached hydrogens (tertiary/aromatic N) is 1. The molecule has 61 heavy (non-hydrogen) atoms. The lowest BCUT2D eigenvalue weighted by molar-refractivity contribution is -0.870. The molecule has 0 aromatic heterocycles. The lowest BCUT2D eigenvalue weighted by Gasteiger charge is -2.24. The first-order chi connectivity index (χ1) is 29.2. The third-order valence-corrected chi connectivity index (χ3v) is 11.0. The van der Waals surface area contributed by atoms with Crippen molar-refractivity contribution in [3.63, 3.8) is 0 Å². The molecule has 1 aliphatic carbocycles. The Morgan fingerprint density at radius 3 is 1.93 bits per heavy atom. The lowest BCUT2D eigenvalue weighted by atomic mass is 9.89. The number of carbonyl (C=O) groups is 2. The molecule has 0 heterocycles. The summed E-state index contributed by atoms with van der Waals surface area (Å²) in [6.07, 6.45) is 37.8. The van der Waals surface area contributed by atoms with Crippen LogP contribution in [0.15, 0.2) is 85.1 Å². The van der Waals surface area contributed by atoms with Gasteiger partial charge in [0.2, 0.25) is 0 Å². The number of allylic oxidation sites excluding steroid dienone is 11. The Morgan fingerprint density at radius 1 is 0.738 bits per heavy atom. The summed E-state index contributed by atoms with van der Waals surface area (Å²) in [7, 11) is 1.25. The number of phosphoric acid groups is 1. The summed E-state index contributed by atoms with van der Waals surface area (Å²) in [6, 6.07) is 0. The smallest absolute Gasteiger partial charge is 0.461 e. The molecular formula is C48H81NO11P+. The average Bonchev–Trinajstić information content (AvgIpc) is 3.47. The number of esters is 2. The Morgan fingerprint density at radius 2 is 1.33 bits per heavy atom. The lowest BCUT2D eigenvalue weighted by Crippen LogP contribution is -2.37. The predicted molar refractivity (Wildman–Crippen MR) is 244 cm³/mol. The van der Waals surface area contributed by atoms with Crippen molar-refractivity contribution in [1.82, 2.24) is 0 Å². The Labute approximate surface area is 368 Å². The molecule has 0 saturated heterocycles. The van der Waals surface area contributed by atoms with Crippen molar-refractivity contribution in [3.05, 3.63) is 85.1 Å². The molecule has 0 aromatic rings. The van der Waals surface area contributed by atoms with Gasteiger partial charge >= 0.3 is 19.8 Å². The highest BCUT2D eigenvalue weighted by Crippen LogP contribution is 2.43. The minimum absolute atomic E-state index is 0.0364. The van der Waals surface area contributed by atoms with E-state index in [0.29, 0.717) is 30.3 Å². The van der Waals surface area contributed by atoms with Gasteiger partial charge in [-0.05, 0) is 63.7 Å². The third-order valence-electron chi connectivity index (χ3n) is 10.0. The summed E-state index contributed by atoms with van der Waals surface area (Å²) < 4.78 is 34.1. The molecule has 0 bridgehead atoms. The molecule has 1 rings (SSSR count). The van der Waals surface area contributed by atoms with E-state index >= 15 is 0 Å². The molecule has 348 valence electrons. The van der Waals surface area contributed by atoms with Crippen molar-refractivity contribution in [3.8, 4) is 0 Å². The van der Waals surface area contributed by atoms with E-state index in [4.69, 9.17) is 18.5 Å². The maximum atomic E-state index is 12.7. The second-order valence-corrected chi connectivity index (χ2v) is 18.2. The predicted octanol–water partition coefficient (Wildman–Crippen LogP) is 9.17. The fraction of sp³-hybridized carbons (Fsp3) is 0.667. The van der Waals surface area contributed by atoms with Crippen LogP contribution < -0.4 is 0 Å². The largest absolute Gasteiger partial charge is 0.472 e. The van der Waals surface area contributed by atoms with Crippen LogP contribution in [0.5, 0.6) is 0 Å². The number of hydrogen-bond acceptors (Lipinski definition) is 10. The number of phosphoric ester groups is 1. The molecule has 0 aromatic carbocycles. The molecule has 0 aliphatic heterocycles. The van der Waals surface area contributed by atoms with Gasteiger partial charge in [-0.1, -0.05) is 131 Å². The van der Waals surface area contributed by atoms with Gasteiger partial charge in [-0.3, -0.25) is 18.6 Å². The van der Waals surface area contributed by atoms with Crippen LogP contribution in [0.1, 0.15) is 123 Å². The van der Waals surface area contributed by atoms with E-state index in [2.05, 4.69) is 62.5 Å². The molecule has 12 nitrogen and oxygen atoms in total. The molecule has 1 aliphatic rings. The van der Waals surface area contributed by atoms with Gasteiger partial charge < -0.3 is 34.2 Å². The first-order valence-corrected chi connectivity index (χ1v) is 24.1. The molecule has 0 amide bonds. The van der Waals surface area contributed by atoms with Gasteiger partial charge in [-0.25, -0.2) is 4.57 Å². The number of likely N-dealkylation sites (N-methyl/N-ethyl adjacent to an activating group) is 1. The average molecular weight is 879 g/mol.